The second-order valence-electron chi connectivity index (χ2n) is 2.10. The van der Waals surface area contributed by atoms with Crippen LogP contribution in [0.4, 0.5) is 8.78 Å². The van der Waals surface area contributed by atoms with Crippen LogP contribution in [0.5, 0.6) is 0 Å². The lowest BCUT2D eigenvalue weighted by Gasteiger charge is -1.97. The molecule has 0 bridgehead atoms. The van der Waals surface area contributed by atoms with Crippen LogP contribution in [-0.2, 0) is 0 Å². The minimum absolute atomic E-state index is 0.150. The molecule has 0 heterocycles. The van der Waals surface area contributed by atoms with E-state index in [-0.39, 0.29) is 11.1 Å². The summed E-state index contributed by atoms with van der Waals surface area (Å²) in [7, 11) is 0. The highest BCUT2D eigenvalue weighted by Crippen LogP contribution is 2.13. The van der Waals surface area contributed by atoms with Crippen LogP contribution >= 0.6 is 0 Å². The molecule has 0 aliphatic heterocycles. The van der Waals surface area contributed by atoms with Crippen LogP contribution in [0.3, 0.4) is 0 Å². The molecule has 1 aromatic carbocycles. The standard InChI is InChI=1S/C10H4F2/c1-3-7-5-9(11)6-8(4-2)10(7)12/h1-2,5-6H. The maximum atomic E-state index is 13.0. The third-order valence-electron chi connectivity index (χ3n) is 1.35. The van der Waals surface area contributed by atoms with Crippen molar-refractivity contribution < 1.29 is 8.78 Å². The summed E-state index contributed by atoms with van der Waals surface area (Å²) in [6.07, 6.45) is 9.84. The third-order valence-corrected chi connectivity index (χ3v) is 1.35. The molecule has 1 rings (SSSR count). The molecule has 0 radical (unpaired) electrons. The van der Waals surface area contributed by atoms with E-state index in [1.807, 2.05) is 11.8 Å². The topological polar surface area (TPSA) is 0 Å². The number of benzene rings is 1. The van der Waals surface area contributed by atoms with Gasteiger partial charge < -0.3 is 0 Å². The van der Waals surface area contributed by atoms with Gasteiger partial charge in [-0.15, -0.1) is 12.8 Å². The van der Waals surface area contributed by atoms with Gasteiger partial charge in [0.1, 0.15) is 5.82 Å². The van der Waals surface area contributed by atoms with E-state index in [9.17, 15) is 8.78 Å². The highest BCUT2D eigenvalue weighted by molar-refractivity contribution is 5.44. The van der Waals surface area contributed by atoms with Crippen LogP contribution in [0, 0.1) is 36.3 Å². The fraction of sp³-hybridized carbons (Fsp3) is 0. The first kappa shape index (κ1) is 8.30. The van der Waals surface area contributed by atoms with Gasteiger partial charge >= 0.3 is 0 Å². The number of hydrogen-bond donors (Lipinski definition) is 0. The number of hydrogen-bond acceptors (Lipinski definition) is 0. The average molecular weight is 162 g/mol. The van der Waals surface area contributed by atoms with Gasteiger partial charge in [-0.1, -0.05) is 11.8 Å². The Bertz CT molecular complexity index is 356. The lowest BCUT2D eigenvalue weighted by molar-refractivity contribution is 0.594. The maximum Gasteiger partial charge on any atom is 0.154 e. The van der Waals surface area contributed by atoms with Gasteiger partial charge in [-0.2, -0.15) is 0 Å². The molecule has 0 aliphatic carbocycles. The first-order valence-electron chi connectivity index (χ1n) is 3.11. The van der Waals surface area contributed by atoms with Crippen molar-refractivity contribution in [3.63, 3.8) is 0 Å². The van der Waals surface area contributed by atoms with E-state index >= 15 is 0 Å². The molecule has 0 aliphatic rings. The molecular weight excluding hydrogens is 158 g/mol. The second kappa shape index (κ2) is 3.07. The van der Waals surface area contributed by atoms with Crippen molar-refractivity contribution in [1.82, 2.24) is 0 Å². The van der Waals surface area contributed by atoms with Crippen LogP contribution in [0.2, 0.25) is 0 Å². The fourth-order valence-electron chi connectivity index (χ4n) is 0.799. The first-order chi connectivity index (χ1) is 5.69. The summed E-state index contributed by atoms with van der Waals surface area (Å²) in [5, 5.41) is 0. The lowest BCUT2D eigenvalue weighted by Crippen LogP contribution is -1.91. The zero-order valence-corrected chi connectivity index (χ0v) is 6.07. The van der Waals surface area contributed by atoms with Gasteiger partial charge in [0.25, 0.3) is 0 Å². The molecule has 0 fully saturated rings. The van der Waals surface area contributed by atoms with Crippen LogP contribution in [0.1, 0.15) is 11.1 Å². The quantitative estimate of drug-likeness (QED) is 0.511. The lowest BCUT2D eigenvalue weighted by atomic mass is 10.1. The third kappa shape index (κ3) is 1.28. The molecule has 58 valence electrons. The Morgan fingerprint density at radius 3 is 1.75 bits per heavy atom. The van der Waals surface area contributed by atoms with E-state index < -0.39 is 11.6 Å². The molecule has 1 aromatic rings. The predicted molar refractivity (Wildman–Crippen MR) is 42.2 cm³/mol. The van der Waals surface area contributed by atoms with E-state index in [1.54, 1.807) is 0 Å². The molecule has 0 saturated heterocycles. The van der Waals surface area contributed by atoms with Crippen molar-refractivity contribution in [2.24, 2.45) is 0 Å². The summed E-state index contributed by atoms with van der Waals surface area (Å²) in [6, 6.07) is 1.85. The predicted octanol–water partition coefficient (Wildman–Crippen LogP) is 1.93. The Hall–Kier alpha value is -1.80. The van der Waals surface area contributed by atoms with Crippen molar-refractivity contribution in [3.05, 3.63) is 34.9 Å². The van der Waals surface area contributed by atoms with Gasteiger partial charge in [0.2, 0.25) is 0 Å². The molecule has 0 N–H and O–H groups in total. The molecule has 0 spiro atoms. The van der Waals surface area contributed by atoms with Crippen LogP contribution in [-0.4, -0.2) is 0 Å². The van der Waals surface area contributed by atoms with Gasteiger partial charge in [-0.3, -0.25) is 0 Å². The highest BCUT2D eigenvalue weighted by atomic mass is 19.1. The Morgan fingerprint density at radius 1 is 1.00 bits per heavy atom. The fourth-order valence-corrected chi connectivity index (χ4v) is 0.799. The summed E-state index contributed by atoms with van der Waals surface area (Å²) in [4.78, 5) is 0. The molecular formula is C10H4F2. The van der Waals surface area contributed by atoms with E-state index in [2.05, 4.69) is 0 Å². The van der Waals surface area contributed by atoms with E-state index in [0.717, 1.165) is 12.1 Å². The van der Waals surface area contributed by atoms with Crippen molar-refractivity contribution in [1.29, 1.82) is 0 Å². The molecule has 0 unspecified atom stereocenters. The summed E-state index contributed by atoms with van der Waals surface area (Å²) in [6.45, 7) is 0. The van der Waals surface area contributed by atoms with Gasteiger partial charge in [-0.25, -0.2) is 8.78 Å². The molecule has 2 heteroatoms. The monoisotopic (exact) mass is 162 g/mol. The Morgan fingerprint density at radius 2 is 1.42 bits per heavy atom. The van der Waals surface area contributed by atoms with Crippen molar-refractivity contribution in [3.8, 4) is 24.7 Å². The van der Waals surface area contributed by atoms with Crippen molar-refractivity contribution in [2.45, 2.75) is 0 Å². The molecule has 0 aromatic heterocycles. The molecule has 0 nitrogen and oxygen atoms in total. The number of terminal acetylenes is 2. The normalized spacial score (nSPS) is 8.67. The zero-order valence-electron chi connectivity index (χ0n) is 6.07. The largest absolute Gasteiger partial charge is 0.207 e. The first-order valence-corrected chi connectivity index (χ1v) is 3.11. The van der Waals surface area contributed by atoms with E-state index in [4.69, 9.17) is 12.8 Å². The number of halogens is 2. The Balaban J connectivity index is 3.48. The van der Waals surface area contributed by atoms with Crippen LogP contribution in [0.15, 0.2) is 12.1 Å². The molecule has 12 heavy (non-hydrogen) atoms. The minimum atomic E-state index is -0.721. The average Bonchev–Trinajstić information content (AvgIpc) is 2.08. The molecule has 0 saturated carbocycles. The SMILES string of the molecule is C#Cc1cc(F)cc(C#C)c1F. The summed E-state index contributed by atoms with van der Waals surface area (Å²) in [5.41, 5.74) is -0.300. The van der Waals surface area contributed by atoms with Gasteiger partial charge in [-0.05, 0) is 12.1 Å². The van der Waals surface area contributed by atoms with E-state index in [1.165, 1.54) is 0 Å². The van der Waals surface area contributed by atoms with E-state index in [0.29, 0.717) is 0 Å². The summed E-state index contributed by atoms with van der Waals surface area (Å²) < 4.78 is 25.6. The maximum absolute atomic E-state index is 13.0. The van der Waals surface area contributed by atoms with Crippen molar-refractivity contribution in [2.75, 3.05) is 0 Å². The molecule has 0 atom stereocenters. The minimum Gasteiger partial charge on any atom is -0.207 e. The van der Waals surface area contributed by atoms with Crippen molar-refractivity contribution >= 4 is 0 Å². The van der Waals surface area contributed by atoms with Gasteiger partial charge in [0.15, 0.2) is 5.82 Å². The zero-order chi connectivity index (χ0) is 9.14. The Kier molecular flexibility index (Phi) is 2.12. The van der Waals surface area contributed by atoms with Crippen LogP contribution < -0.4 is 0 Å². The van der Waals surface area contributed by atoms with Gasteiger partial charge in [0, 0.05) is 0 Å². The summed E-state index contributed by atoms with van der Waals surface area (Å²) in [5.74, 6) is 2.65. The van der Waals surface area contributed by atoms with Gasteiger partial charge in [0.05, 0.1) is 11.1 Å². The smallest absolute Gasteiger partial charge is 0.154 e. The summed E-state index contributed by atoms with van der Waals surface area (Å²) >= 11 is 0. The second-order valence-corrected chi connectivity index (χ2v) is 2.10. The highest BCUT2D eigenvalue weighted by Gasteiger charge is 2.06. The molecule has 0 amide bonds. The van der Waals surface area contributed by atoms with Crippen LogP contribution in [0.25, 0.3) is 0 Å². The number of rotatable bonds is 0. The Labute approximate surface area is 69.2 Å².